The summed E-state index contributed by atoms with van der Waals surface area (Å²) < 4.78 is 61.3. The number of aliphatic hydroxyl groups is 1. The van der Waals surface area contributed by atoms with Gasteiger partial charge < -0.3 is 20.5 Å². The average Bonchev–Trinajstić information content (AvgIpc) is 2.87. The first-order chi connectivity index (χ1) is 17.6. The number of hydrogen-bond acceptors (Lipinski definition) is 7. The van der Waals surface area contributed by atoms with Crippen LogP contribution in [-0.2, 0) is 16.6 Å². The Kier molecular flexibility index (Phi) is 8.48. The SMILES string of the molecule is Nc1ncc(-c2cccc(NS(=O)(=O)CCN3CCC(O)CC3)c2)cc1OCc1c(F)ccc(F)c1Cl. The number of nitrogens with one attached hydrogen (secondary N) is 1. The molecule has 0 saturated carbocycles. The van der Waals surface area contributed by atoms with Crippen molar-refractivity contribution in [2.24, 2.45) is 0 Å². The van der Waals surface area contributed by atoms with Crippen LogP contribution in [-0.4, -0.2) is 54.9 Å². The van der Waals surface area contributed by atoms with E-state index >= 15 is 0 Å². The van der Waals surface area contributed by atoms with E-state index in [1.165, 1.54) is 6.20 Å². The molecule has 0 bridgehead atoms. The van der Waals surface area contributed by atoms with Crippen LogP contribution in [0.1, 0.15) is 18.4 Å². The fourth-order valence-electron chi connectivity index (χ4n) is 3.96. The molecule has 0 unspecified atom stereocenters. The zero-order chi connectivity index (χ0) is 26.6. The minimum absolute atomic E-state index is 0.0405. The summed E-state index contributed by atoms with van der Waals surface area (Å²) in [5.41, 5.74) is 7.34. The van der Waals surface area contributed by atoms with Crippen molar-refractivity contribution in [3.63, 3.8) is 0 Å². The molecule has 1 fully saturated rings. The monoisotopic (exact) mass is 552 g/mol. The Labute approximate surface area is 219 Å². The van der Waals surface area contributed by atoms with Crippen molar-refractivity contribution in [2.75, 3.05) is 35.8 Å². The van der Waals surface area contributed by atoms with E-state index in [0.717, 1.165) is 12.1 Å². The number of hydrogen-bond donors (Lipinski definition) is 3. The third-order valence-electron chi connectivity index (χ3n) is 6.10. The first-order valence-corrected chi connectivity index (χ1v) is 13.7. The van der Waals surface area contributed by atoms with Gasteiger partial charge in [-0.15, -0.1) is 0 Å². The Morgan fingerprint density at radius 1 is 1.14 bits per heavy atom. The van der Waals surface area contributed by atoms with Crippen LogP contribution < -0.4 is 15.2 Å². The second kappa shape index (κ2) is 11.6. The minimum atomic E-state index is -3.61. The van der Waals surface area contributed by atoms with Crippen molar-refractivity contribution in [3.05, 3.63) is 70.9 Å². The first-order valence-electron chi connectivity index (χ1n) is 11.6. The normalized spacial score (nSPS) is 15.0. The van der Waals surface area contributed by atoms with Crippen LogP contribution in [0.5, 0.6) is 5.75 Å². The van der Waals surface area contributed by atoms with E-state index in [9.17, 15) is 22.3 Å². The highest BCUT2D eigenvalue weighted by Crippen LogP contribution is 2.31. The number of nitrogens with zero attached hydrogens (tertiary/aromatic N) is 2. The summed E-state index contributed by atoms with van der Waals surface area (Å²) in [6.45, 7) is 1.34. The molecule has 0 atom stereocenters. The molecular formula is C25H27ClF2N4O4S. The fraction of sp³-hybridized carbons (Fsp3) is 0.320. The highest BCUT2D eigenvalue weighted by atomic mass is 35.5. The number of benzene rings is 2. The van der Waals surface area contributed by atoms with Gasteiger partial charge in [0, 0.05) is 42.6 Å². The third kappa shape index (κ3) is 7.07. The number of halogens is 3. The number of aromatic nitrogens is 1. The molecule has 2 aromatic carbocycles. The molecule has 1 aliphatic rings. The highest BCUT2D eigenvalue weighted by molar-refractivity contribution is 7.92. The van der Waals surface area contributed by atoms with E-state index in [1.54, 1.807) is 30.3 Å². The molecule has 2 heterocycles. The predicted molar refractivity (Wildman–Crippen MR) is 139 cm³/mol. The molecule has 8 nitrogen and oxygen atoms in total. The lowest BCUT2D eigenvalue weighted by molar-refractivity contribution is 0.0856. The van der Waals surface area contributed by atoms with Crippen LogP contribution in [0, 0.1) is 11.6 Å². The van der Waals surface area contributed by atoms with Gasteiger partial charge in [0.15, 0.2) is 11.6 Å². The highest BCUT2D eigenvalue weighted by Gasteiger charge is 2.20. The van der Waals surface area contributed by atoms with Crippen molar-refractivity contribution >= 4 is 33.1 Å². The van der Waals surface area contributed by atoms with E-state index in [1.807, 2.05) is 4.90 Å². The van der Waals surface area contributed by atoms with Crippen molar-refractivity contribution in [1.29, 1.82) is 0 Å². The summed E-state index contributed by atoms with van der Waals surface area (Å²) in [6, 6.07) is 10.2. The number of nitrogen functional groups attached to an aromatic ring is 1. The number of sulfonamides is 1. The molecule has 0 spiro atoms. The number of anilines is 2. The van der Waals surface area contributed by atoms with Gasteiger partial charge in [0.05, 0.1) is 16.9 Å². The van der Waals surface area contributed by atoms with Gasteiger partial charge in [-0.1, -0.05) is 23.7 Å². The number of piperidine rings is 1. The van der Waals surface area contributed by atoms with E-state index in [-0.39, 0.29) is 40.6 Å². The summed E-state index contributed by atoms with van der Waals surface area (Å²) in [6.07, 6.45) is 2.46. The molecule has 1 aliphatic heterocycles. The van der Waals surface area contributed by atoms with Gasteiger partial charge in [-0.3, -0.25) is 4.72 Å². The van der Waals surface area contributed by atoms with Gasteiger partial charge in [0.1, 0.15) is 18.2 Å². The quantitative estimate of drug-likeness (QED) is 0.343. The smallest absolute Gasteiger partial charge is 0.233 e. The van der Waals surface area contributed by atoms with Gasteiger partial charge in [0.2, 0.25) is 10.0 Å². The van der Waals surface area contributed by atoms with Crippen molar-refractivity contribution in [1.82, 2.24) is 9.88 Å². The van der Waals surface area contributed by atoms with Crippen LogP contribution >= 0.6 is 11.6 Å². The lowest BCUT2D eigenvalue weighted by Crippen LogP contribution is -2.39. The molecule has 1 aromatic heterocycles. The van der Waals surface area contributed by atoms with Crippen molar-refractivity contribution in [3.8, 4) is 16.9 Å². The summed E-state index contributed by atoms with van der Waals surface area (Å²) >= 11 is 5.86. The van der Waals surface area contributed by atoms with E-state index in [2.05, 4.69) is 9.71 Å². The molecule has 4 N–H and O–H groups in total. The molecule has 0 radical (unpaired) electrons. The van der Waals surface area contributed by atoms with Crippen LogP contribution in [0.25, 0.3) is 11.1 Å². The Morgan fingerprint density at radius 3 is 2.62 bits per heavy atom. The van der Waals surface area contributed by atoms with E-state index < -0.39 is 21.7 Å². The molecule has 3 aromatic rings. The van der Waals surface area contributed by atoms with Crippen LogP contribution in [0.15, 0.2) is 48.7 Å². The lowest BCUT2D eigenvalue weighted by atomic mass is 10.1. The standard InChI is InChI=1S/C25H27ClF2N4O4S/c26-24-20(21(27)4-5-22(24)28)15-36-23-13-17(14-30-25(23)29)16-2-1-3-18(12-16)31-37(34,35)11-10-32-8-6-19(33)7-9-32/h1-5,12-14,19,31,33H,6-11,15H2,(H2,29,30). The Morgan fingerprint density at radius 2 is 1.86 bits per heavy atom. The molecule has 198 valence electrons. The Hall–Kier alpha value is -2.99. The van der Waals surface area contributed by atoms with Crippen LogP contribution in [0.3, 0.4) is 0 Å². The summed E-state index contributed by atoms with van der Waals surface area (Å²) in [5.74, 6) is -1.38. The van der Waals surface area contributed by atoms with E-state index in [4.69, 9.17) is 22.1 Å². The second-order valence-corrected chi connectivity index (χ2v) is 11.0. The average molecular weight is 553 g/mol. The molecule has 12 heteroatoms. The van der Waals surface area contributed by atoms with Gasteiger partial charge in [-0.25, -0.2) is 22.2 Å². The van der Waals surface area contributed by atoms with Gasteiger partial charge >= 0.3 is 0 Å². The maximum Gasteiger partial charge on any atom is 0.233 e. The molecule has 37 heavy (non-hydrogen) atoms. The summed E-state index contributed by atoms with van der Waals surface area (Å²) in [4.78, 5) is 6.13. The Bertz CT molecular complexity index is 1370. The third-order valence-corrected chi connectivity index (χ3v) is 7.77. The number of rotatable bonds is 9. The Balaban J connectivity index is 1.44. The number of likely N-dealkylation sites (tertiary alicyclic amines) is 1. The summed E-state index contributed by atoms with van der Waals surface area (Å²) in [5, 5.41) is 9.23. The number of aliphatic hydroxyl groups excluding tert-OH is 1. The second-order valence-electron chi connectivity index (χ2n) is 8.79. The first kappa shape index (κ1) is 27.1. The lowest BCUT2D eigenvalue weighted by Gasteiger charge is -2.29. The fourth-order valence-corrected chi connectivity index (χ4v) is 5.26. The van der Waals surface area contributed by atoms with Crippen LogP contribution in [0.4, 0.5) is 20.3 Å². The summed E-state index contributed by atoms with van der Waals surface area (Å²) in [7, 11) is -3.61. The maximum absolute atomic E-state index is 14.1. The van der Waals surface area contributed by atoms with E-state index in [0.29, 0.717) is 49.3 Å². The molecule has 4 rings (SSSR count). The van der Waals surface area contributed by atoms with Gasteiger partial charge in [-0.2, -0.15) is 0 Å². The maximum atomic E-state index is 14.1. The topological polar surface area (TPSA) is 118 Å². The largest absolute Gasteiger partial charge is 0.485 e. The predicted octanol–water partition coefficient (Wildman–Crippen LogP) is 4.04. The number of ether oxygens (including phenoxy) is 1. The molecular weight excluding hydrogens is 526 g/mol. The molecule has 0 amide bonds. The minimum Gasteiger partial charge on any atom is -0.485 e. The van der Waals surface area contributed by atoms with Gasteiger partial charge in [0.25, 0.3) is 0 Å². The molecule has 1 saturated heterocycles. The van der Waals surface area contributed by atoms with Crippen molar-refractivity contribution in [2.45, 2.75) is 25.6 Å². The van der Waals surface area contributed by atoms with Crippen LogP contribution in [0.2, 0.25) is 5.02 Å². The number of nitrogens with two attached hydrogens (primary N) is 1. The van der Waals surface area contributed by atoms with Gasteiger partial charge in [-0.05, 0) is 48.7 Å². The molecule has 0 aliphatic carbocycles. The zero-order valence-electron chi connectivity index (χ0n) is 19.8. The zero-order valence-corrected chi connectivity index (χ0v) is 21.4. The number of pyridine rings is 1. The van der Waals surface area contributed by atoms with Crippen molar-refractivity contribution < 1.29 is 27.0 Å².